The molecule has 70 heavy (non-hydrogen) atoms. The highest BCUT2D eigenvalue weighted by atomic mass is 15.2. The maximum atomic E-state index is 2.59. The van der Waals surface area contributed by atoms with E-state index in [2.05, 4.69) is 236 Å². The lowest BCUT2D eigenvalue weighted by molar-refractivity contribution is 0.420. The summed E-state index contributed by atoms with van der Waals surface area (Å²) in [5.41, 5.74) is 24.5. The Kier molecular flexibility index (Phi) is 10.7. The highest BCUT2D eigenvalue weighted by Crippen LogP contribution is 2.54. The topological polar surface area (TPSA) is 6.48 Å². The molecule has 2 nitrogen and oxygen atoms in total. The Bertz CT molecular complexity index is 3370. The third-order valence-corrected chi connectivity index (χ3v) is 16.7. The highest BCUT2D eigenvalue weighted by Gasteiger charge is 2.40. The van der Waals surface area contributed by atoms with Crippen molar-refractivity contribution in [1.29, 1.82) is 0 Å². The van der Waals surface area contributed by atoms with Gasteiger partial charge in [-0.2, -0.15) is 0 Å². The van der Waals surface area contributed by atoms with Crippen molar-refractivity contribution in [3.63, 3.8) is 0 Å². The number of rotatable bonds is 9. The molecule has 342 valence electrons. The zero-order valence-electron chi connectivity index (χ0n) is 40.5. The standard InChI is InChI=1S/C68H60N2/c1-68(2)63-44-54(49-14-6-3-7-15-49)34-38-60(63)61-39-37-58(45-64(61)68)70(65-21-13-12-20-59(65)50-16-8-4-9-17-50)67-43-47-23-28-52-27-22-46(24-29-53(67)30-25-47)42-66(52)69(56-18-10-5-11-19-56)57-35-32-51(33-36-57)62-41-48-26-31-55(62)40-48/h3-22,25,27,30,32-39,42-45,48,55,62H,23-24,26,28-29,31,40-41H2,1-2H3. The molecule has 6 bridgehead atoms. The number of benzene rings is 9. The highest BCUT2D eigenvalue weighted by molar-refractivity contribution is 5.92. The van der Waals surface area contributed by atoms with Gasteiger partial charge in [-0.3, -0.25) is 0 Å². The van der Waals surface area contributed by atoms with E-state index in [0.29, 0.717) is 0 Å². The molecule has 3 unspecified atom stereocenters. The van der Waals surface area contributed by atoms with E-state index in [1.807, 2.05) is 0 Å². The normalized spacial score (nSPS) is 18.2. The maximum Gasteiger partial charge on any atom is 0.0540 e. The Hall–Kier alpha value is -7.42. The summed E-state index contributed by atoms with van der Waals surface area (Å²) in [6.45, 7) is 4.82. The molecule has 0 radical (unpaired) electrons. The first-order valence-corrected chi connectivity index (χ1v) is 25.9. The zero-order valence-corrected chi connectivity index (χ0v) is 40.5. The van der Waals surface area contributed by atoms with Gasteiger partial charge in [-0.05, 0) is 190 Å². The molecule has 0 N–H and O–H groups in total. The summed E-state index contributed by atoms with van der Waals surface area (Å²) >= 11 is 0. The van der Waals surface area contributed by atoms with Gasteiger partial charge in [0.25, 0.3) is 0 Å². The van der Waals surface area contributed by atoms with E-state index in [4.69, 9.17) is 0 Å². The van der Waals surface area contributed by atoms with Gasteiger partial charge in [-0.1, -0.05) is 172 Å². The molecule has 16 rings (SSSR count). The monoisotopic (exact) mass is 904 g/mol. The maximum absolute atomic E-state index is 2.59. The summed E-state index contributed by atoms with van der Waals surface area (Å²) in [6, 6.07) is 80.6. The number of para-hydroxylation sites is 2. The number of fused-ring (bicyclic) bond motifs is 5. The predicted molar refractivity (Wildman–Crippen MR) is 294 cm³/mol. The lowest BCUT2D eigenvalue weighted by atomic mass is 9.81. The van der Waals surface area contributed by atoms with Crippen LogP contribution in [0.2, 0.25) is 0 Å². The van der Waals surface area contributed by atoms with Gasteiger partial charge in [0.05, 0.1) is 5.69 Å². The molecule has 2 heteroatoms. The largest absolute Gasteiger partial charge is 0.310 e. The van der Waals surface area contributed by atoms with Gasteiger partial charge in [0.15, 0.2) is 0 Å². The van der Waals surface area contributed by atoms with Crippen molar-refractivity contribution < 1.29 is 0 Å². The van der Waals surface area contributed by atoms with E-state index < -0.39 is 0 Å². The second-order valence-corrected chi connectivity index (χ2v) is 21.2. The molecule has 3 atom stereocenters. The van der Waals surface area contributed by atoms with Crippen molar-refractivity contribution in [2.75, 3.05) is 9.80 Å². The van der Waals surface area contributed by atoms with Crippen molar-refractivity contribution in [2.45, 2.75) is 76.5 Å². The van der Waals surface area contributed by atoms with E-state index in [1.54, 1.807) is 0 Å². The lowest BCUT2D eigenvalue weighted by Gasteiger charge is -2.32. The molecular weight excluding hydrogens is 845 g/mol. The molecule has 9 aromatic rings. The van der Waals surface area contributed by atoms with Crippen LogP contribution in [0.4, 0.5) is 34.1 Å². The lowest BCUT2D eigenvalue weighted by Crippen LogP contribution is -2.18. The number of anilines is 6. The fraction of sp³-hybridized carbons (Fsp3) is 0.206. The van der Waals surface area contributed by atoms with Crippen LogP contribution in [0.3, 0.4) is 0 Å². The first-order valence-electron chi connectivity index (χ1n) is 25.9. The van der Waals surface area contributed by atoms with Crippen LogP contribution in [-0.2, 0) is 31.1 Å². The fourth-order valence-electron chi connectivity index (χ4n) is 13.1. The second-order valence-electron chi connectivity index (χ2n) is 21.2. The third-order valence-electron chi connectivity index (χ3n) is 16.7. The van der Waals surface area contributed by atoms with E-state index in [1.165, 1.54) is 132 Å². The van der Waals surface area contributed by atoms with Crippen LogP contribution in [0, 0.1) is 11.8 Å². The van der Waals surface area contributed by atoms with Gasteiger partial charge in [0.1, 0.15) is 0 Å². The van der Waals surface area contributed by atoms with Crippen LogP contribution in [0.25, 0.3) is 33.4 Å². The van der Waals surface area contributed by atoms with Crippen LogP contribution < -0.4 is 9.80 Å². The van der Waals surface area contributed by atoms with Gasteiger partial charge >= 0.3 is 0 Å². The molecule has 0 aliphatic heterocycles. The number of aryl methyl sites for hydroxylation is 4. The molecule has 2 fully saturated rings. The van der Waals surface area contributed by atoms with Crippen LogP contribution in [-0.4, -0.2) is 0 Å². The average molecular weight is 905 g/mol. The van der Waals surface area contributed by atoms with Gasteiger partial charge in [-0.25, -0.2) is 0 Å². The van der Waals surface area contributed by atoms with E-state index in [-0.39, 0.29) is 5.41 Å². The Morgan fingerprint density at radius 3 is 1.61 bits per heavy atom. The minimum Gasteiger partial charge on any atom is -0.310 e. The minimum atomic E-state index is -0.188. The summed E-state index contributed by atoms with van der Waals surface area (Å²) in [5.74, 6) is 2.53. The Morgan fingerprint density at radius 2 is 0.957 bits per heavy atom. The molecule has 0 heterocycles. The van der Waals surface area contributed by atoms with Gasteiger partial charge in [0, 0.05) is 39.4 Å². The summed E-state index contributed by atoms with van der Waals surface area (Å²) in [7, 11) is 0. The predicted octanol–water partition coefficient (Wildman–Crippen LogP) is 18.1. The Labute approximate surface area is 414 Å². The first kappa shape index (κ1) is 42.7. The molecule has 0 saturated heterocycles. The van der Waals surface area contributed by atoms with E-state index in [9.17, 15) is 0 Å². The Morgan fingerprint density at radius 1 is 0.386 bits per heavy atom. The number of hydrogen-bond donors (Lipinski definition) is 0. The molecule has 9 aromatic carbocycles. The van der Waals surface area contributed by atoms with E-state index in [0.717, 1.165) is 43.4 Å². The minimum absolute atomic E-state index is 0.188. The van der Waals surface area contributed by atoms with Crippen molar-refractivity contribution in [2.24, 2.45) is 11.8 Å². The summed E-state index contributed by atoms with van der Waals surface area (Å²) in [6.07, 6.45) is 9.33. The van der Waals surface area contributed by atoms with Crippen LogP contribution in [0.5, 0.6) is 0 Å². The molecule has 7 aliphatic rings. The van der Waals surface area contributed by atoms with Crippen molar-refractivity contribution in [1.82, 2.24) is 0 Å². The first-order chi connectivity index (χ1) is 34.4. The second kappa shape index (κ2) is 17.5. The van der Waals surface area contributed by atoms with Crippen LogP contribution in [0.1, 0.15) is 84.4 Å². The quantitative estimate of drug-likeness (QED) is 0.142. The number of hydrogen-bond acceptors (Lipinski definition) is 2. The van der Waals surface area contributed by atoms with Crippen LogP contribution in [0.15, 0.2) is 212 Å². The molecule has 7 aliphatic carbocycles. The fourth-order valence-corrected chi connectivity index (χ4v) is 13.1. The molecule has 0 amide bonds. The molecule has 2 saturated carbocycles. The van der Waals surface area contributed by atoms with Gasteiger partial charge in [0.2, 0.25) is 0 Å². The number of nitrogens with zero attached hydrogens (tertiary/aromatic N) is 2. The average Bonchev–Trinajstić information content (AvgIpc) is 4.11. The Balaban J connectivity index is 0.898. The third kappa shape index (κ3) is 7.57. The van der Waals surface area contributed by atoms with Crippen molar-refractivity contribution in [3.05, 3.63) is 251 Å². The molecule has 0 spiro atoms. The van der Waals surface area contributed by atoms with Crippen molar-refractivity contribution in [3.8, 4) is 33.4 Å². The summed E-state index contributed by atoms with van der Waals surface area (Å²) < 4.78 is 0. The molecule has 0 aromatic heterocycles. The summed E-state index contributed by atoms with van der Waals surface area (Å²) in [4.78, 5) is 5.12. The summed E-state index contributed by atoms with van der Waals surface area (Å²) in [5, 5.41) is 0. The van der Waals surface area contributed by atoms with Gasteiger partial charge < -0.3 is 9.80 Å². The SMILES string of the molecule is CC1(C)c2cc(-c3ccccc3)ccc2-c2ccc(N(c3cc4ccc3CCc3ccc(c(N(c5ccccc5)c5ccc(C6CC7CCC6C7)cc5)c3)CC4)c3ccccc3-c3ccccc3)cc21. The van der Waals surface area contributed by atoms with Crippen LogP contribution >= 0.6 is 0 Å². The molecular formula is C68H60N2. The van der Waals surface area contributed by atoms with E-state index >= 15 is 0 Å². The van der Waals surface area contributed by atoms with Gasteiger partial charge in [-0.15, -0.1) is 0 Å². The van der Waals surface area contributed by atoms with Crippen molar-refractivity contribution >= 4 is 34.1 Å². The smallest absolute Gasteiger partial charge is 0.0540 e. The zero-order chi connectivity index (χ0) is 46.8.